The Hall–Kier alpha value is -10.1. The van der Waals surface area contributed by atoms with Gasteiger partial charge in [0.25, 0.3) is 16.7 Å². The summed E-state index contributed by atoms with van der Waals surface area (Å²) in [5, 5.41) is 2.69. The number of aromatic amines is 3. The molecule has 0 saturated heterocycles. The minimum atomic E-state index is -1.29. The Morgan fingerprint density at radius 2 is 0.790 bits per heavy atom. The number of hydrogen-bond donors (Lipinski definition) is 3. The molecule has 0 saturated carbocycles. The topological polar surface area (TPSA) is 185 Å². The molecule has 0 amide bonds. The van der Waals surface area contributed by atoms with E-state index in [9.17, 15) is 28.8 Å². The largest absolute Gasteiger partial charge is 0.449 e. The number of aromatic nitrogens is 5. The van der Waals surface area contributed by atoms with E-state index in [1.807, 2.05) is 208 Å². The normalized spacial score (nSPS) is 11.2. The standard InChI is InChI=1S/C24H18N2O2.C20H21NO2S.C17H13NO2.C7H7NO.3H2/c1-16(19-12-7-8-14-25-19)15-21(27)23-22(17-9-3-2-4-10-17)18-11-5-6-13-20(18)26-24(23)28;1-14(23-24(2,3)4)18-19(15-10-6-5-7-11-15)16-12-8-9-13-17(16)21-20(18)22;1-11(19)15-16(12-7-3-2-4-8-12)13-9-5-6-10-14(13)18-17(15)20;1-6(9)7-4-2-3-5-8-7;;;/h2-15H,1H3,(H,26,28);5-13H,1H2,2-4H3,(H,21,22);2-10H,1H3,(H,18,20);2-5H,1H3;3*1H/b16-15+;;;;;;. The van der Waals surface area contributed by atoms with Crippen LogP contribution in [0.25, 0.3) is 77.4 Å². The van der Waals surface area contributed by atoms with Crippen molar-refractivity contribution in [3.8, 4) is 33.4 Å². The SMILES string of the molecule is C/C(=C\C(=O)c1c(-c2ccccc2)c2ccccc2[nH]c1=O)c1ccccn1.C=C(OS(C)(C)C)c1c(-c2ccccc2)c2ccccc2[nH]c1=O.CC(=O)c1c(-c2ccccc2)c2ccccc2[nH]c1=O.CC(=O)c1ccccn1.[HH].[HH].[HH]. The van der Waals surface area contributed by atoms with Gasteiger partial charge in [-0.3, -0.25) is 38.7 Å². The van der Waals surface area contributed by atoms with Crippen LogP contribution in [0.5, 0.6) is 0 Å². The zero-order chi connectivity index (χ0) is 57.6. The number of ketones is 3. The van der Waals surface area contributed by atoms with Gasteiger partial charge in [0.05, 0.1) is 22.4 Å². The molecular weight excluding hydrogens is 1030 g/mol. The third-order valence-electron chi connectivity index (χ3n) is 12.6. The van der Waals surface area contributed by atoms with Crippen LogP contribution in [0.3, 0.4) is 0 Å². The van der Waals surface area contributed by atoms with Crippen molar-refractivity contribution in [1.29, 1.82) is 0 Å². The lowest BCUT2D eigenvalue weighted by molar-refractivity contribution is 0.100. The molecule has 5 heterocycles. The van der Waals surface area contributed by atoms with E-state index in [1.165, 1.54) is 19.9 Å². The van der Waals surface area contributed by atoms with Crippen molar-refractivity contribution < 1.29 is 22.8 Å². The maximum Gasteiger partial charge on any atom is 0.260 e. The van der Waals surface area contributed by atoms with Gasteiger partial charge in [-0.05, 0) is 103 Å². The van der Waals surface area contributed by atoms with Gasteiger partial charge in [-0.25, -0.2) is 0 Å². The van der Waals surface area contributed by atoms with Crippen LogP contribution in [0.15, 0.2) is 240 Å². The first-order valence-corrected chi connectivity index (χ1v) is 28.5. The van der Waals surface area contributed by atoms with Crippen LogP contribution in [0, 0.1) is 0 Å². The lowest BCUT2D eigenvalue weighted by atomic mass is 9.93. The monoisotopic (exact) mass is 1100 g/mol. The number of carbonyl (C=O) groups is 3. The third-order valence-corrected chi connectivity index (χ3v) is 13.3. The first-order chi connectivity index (χ1) is 39.0. The second kappa shape index (κ2) is 26.0. The van der Waals surface area contributed by atoms with Crippen molar-refractivity contribution in [2.24, 2.45) is 0 Å². The summed E-state index contributed by atoms with van der Waals surface area (Å²) in [6, 6.07) is 62.6. The summed E-state index contributed by atoms with van der Waals surface area (Å²) in [5.41, 5.74) is 9.03. The maximum atomic E-state index is 13.2. The predicted octanol–water partition coefficient (Wildman–Crippen LogP) is 15.1. The van der Waals surface area contributed by atoms with Gasteiger partial charge < -0.3 is 19.1 Å². The summed E-state index contributed by atoms with van der Waals surface area (Å²) in [6.07, 6.45) is 10.8. The zero-order valence-electron chi connectivity index (χ0n) is 45.7. The Morgan fingerprint density at radius 1 is 0.444 bits per heavy atom. The summed E-state index contributed by atoms with van der Waals surface area (Å²) in [5.74, 6) is -0.135. The summed E-state index contributed by atoms with van der Waals surface area (Å²) >= 11 is 0. The van der Waals surface area contributed by atoms with E-state index in [0.29, 0.717) is 44.9 Å². The van der Waals surface area contributed by atoms with Gasteiger partial charge in [0, 0.05) is 73.0 Å². The Morgan fingerprint density at radius 3 is 1.16 bits per heavy atom. The van der Waals surface area contributed by atoms with Gasteiger partial charge in [0.2, 0.25) is 0 Å². The predicted molar refractivity (Wildman–Crippen MR) is 338 cm³/mol. The summed E-state index contributed by atoms with van der Waals surface area (Å²) < 4.78 is 5.98. The second-order valence-electron chi connectivity index (χ2n) is 19.3. The van der Waals surface area contributed by atoms with Gasteiger partial charge in [-0.2, -0.15) is 0 Å². The summed E-state index contributed by atoms with van der Waals surface area (Å²) in [7, 11) is -1.29. The van der Waals surface area contributed by atoms with Crippen molar-refractivity contribution in [2.45, 2.75) is 20.8 Å². The van der Waals surface area contributed by atoms with Crippen LogP contribution in [0.4, 0.5) is 0 Å². The van der Waals surface area contributed by atoms with Crippen LogP contribution in [0.2, 0.25) is 0 Å². The van der Waals surface area contributed by atoms with E-state index >= 15 is 0 Å². The van der Waals surface area contributed by atoms with Crippen LogP contribution < -0.4 is 16.7 Å². The number of para-hydroxylation sites is 3. The average molecular weight is 1100 g/mol. The highest BCUT2D eigenvalue weighted by Crippen LogP contribution is 2.43. The maximum absolute atomic E-state index is 13.2. The van der Waals surface area contributed by atoms with Crippen molar-refractivity contribution in [2.75, 3.05) is 18.8 Å². The molecule has 0 aliphatic rings. The number of carbonyl (C=O) groups excluding carboxylic acids is 3. The van der Waals surface area contributed by atoms with Gasteiger partial charge in [-0.15, -0.1) is 10.3 Å². The van der Waals surface area contributed by atoms with E-state index in [-0.39, 0.29) is 43.9 Å². The van der Waals surface area contributed by atoms with E-state index < -0.39 is 15.9 Å². The molecule has 5 aromatic heterocycles. The van der Waals surface area contributed by atoms with E-state index in [4.69, 9.17) is 4.18 Å². The van der Waals surface area contributed by atoms with Gasteiger partial charge in [0.1, 0.15) is 11.5 Å². The fourth-order valence-electron chi connectivity index (χ4n) is 9.13. The van der Waals surface area contributed by atoms with Crippen LogP contribution in [-0.4, -0.2) is 61.0 Å². The minimum Gasteiger partial charge on any atom is -0.449 e. The molecule has 0 aliphatic carbocycles. The van der Waals surface area contributed by atoms with Crippen molar-refractivity contribution in [3.05, 3.63) is 284 Å². The van der Waals surface area contributed by atoms with E-state index in [0.717, 1.165) is 49.4 Å². The highest BCUT2D eigenvalue weighted by atomic mass is 32.3. The fraction of sp³-hybridized carbons (Fsp3) is 0.0882. The molecule has 13 heteroatoms. The van der Waals surface area contributed by atoms with E-state index in [1.54, 1.807) is 30.6 Å². The molecule has 6 aromatic carbocycles. The quantitative estimate of drug-likeness (QED) is 0.0644. The van der Waals surface area contributed by atoms with Gasteiger partial charge in [-0.1, -0.05) is 164 Å². The number of allylic oxidation sites excluding steroid dienone is 2. The molecule has 81 heavy (non-hydrogen) atoms. The highest BCUT2D eigenvalue weighted by molar-refractivity contribution is 8.28. The number of nitrogens with zero attached hydrogens (tertiary/aromatic N) is 2. The molecule has 0 spiro atoms. The molecule has 11 rings (SSSR count). The lowest BCUT2D eigenvalue weighted by Crippen LogP contribution is -2.19. The zero-order valence-corrected chi connectivity index (χ0v) is 46.5. The Bertz CT molecular complexity index is 4310. The van der Waals surface area contributed by atoms with Gasteiger partial charge in [0.15, 0.2) is 17.3 Å². The number of nitrogens with one attached hydrogen (secondary N) is 3. The van der Waals surface area contributed by atoms with E-state index in [2.05, 4.69) is 31.5 Å². The second-order valence-corrected chi connectivity index (χ2v) is 22.9. The number of Topliss-reactive ketones (excluding diaryl/α,β-unsaturated/α-hetero) is 2. The van der Waals surface area contributed by atoms with Crippen molar-refractivity contribution >= 4 is 71.7 Å². The third kappa shape index (κ3) is 14.0. The van der Waals surface area contributed by atoms with Gasteiger partial charge >= 0.3 is 0 Å². The number of fused-ring (bicyclic) bond motifs is 3. The molecule has 0 radical (unpaired) electrons. The first kappa shape index (κ1) is 57.1. The summed E-state index contributed by atoms with van der Waals surface area (Å²) in [6.45, 7) is 8.78. The molecule has 12 nitrogen and oxygen atoms in total. The van der Waals surface area contributed by atoms with Crippen molar-refractivity contribution in [1.82, 2.24) is 24.9 Å². The molecule has 0 atom stereocenters. The molecule has 410 valence electrons. The lowest BCUT2D eigenvalue weighted by Gasteiger charge is -2.28. The number of rotatable bonds is 11. The first-order valence-electron chi connectivity index (χ1n) is 25.8. The molecule has 0 bridgehead atoms. The Balaban J connectivity index is 0.000000213. The van der Waals surface area contributed by atoms with Crippen LogP contribution in [0.1, 0.15) is 67.5 Å². The van der Waals surface area contributed by atoms with Crippen LogP contribution in [-0.2, 0) is 4.18 Å². The van der Waals surface area contributed by atoms with Crippen molar-refractivity contribution in [3.63, 3.8) is 0 Å². The number of benzene rings is 6. The Labute approximate surface area is 474 Å². The number of hydrogen-bond acceptors (Lipinski definition) is 9. The molecule has 3 N–H and O–H groups in total. The number of pyridine rings is 5. The smallest absolute Gasteiger partial charge is 0.260 e. The molecule has 0 aliphatic heterocycles. The number of H-pyrrole nitrogens is 3. The molecule has 11 aromatic rings. The molecule has 0 fully saturated rings. The highest BCUT2D eigenvalue weighted by Gasteiger charge is 2.22. The molecular formula is C68H65N5O7S. The fourth-order valence-corrected chi connectivity index (χ4v) is 9.82. The van der Waals surface area contributed by atoms with Crippen LogP contribution >= 0.6 is 10.3 Å². The molecule has 0 unspecified atom stereocenters. The Kier molecular flexibility index (Phi) is 18.3. The average Bonchev–Trinajstić information content (AvgIpc) is 3.52. The minimum absolute atomic E-state index is 0. The summed E-state index contributed by atoms with van der Waals surface area (Å²) in [4.78, 5) is 90.1.